The van der Waals surface area contributed by atoms with Crippen molar-refractivity contribution in [3.63, 3.8) is 0 Å². The molecule has 3 amide bonds. The Labute approximate surface area is 262 Å². The van der Waals surface area contributed by atoms with Crippen LogP contribution in [0.25, 0.3) is 11.0 Å². The Morgan fingerprint density at radius 3 is 2.78 bits per heavy atom. The number of fused-ring (bicyclic) bond motifs is 2. The van der Waals surface area contributed by atoms with Gasteiger partial charge in [-0.3, -0.25) is 19.2 Å². The molecule has 1 aromatic carbocycles. The van der Waals surface area contributed by atoms with E-state index >= 15 is 0 Å². The molecule has 45 heavy (non-hydrogen) atoms. The van der Waals surface area contributed by atoms with Crippen LogP contribution < -0.4 is 5.32 Å². The highest BCUT2D eigenvalue weighted by Gasteiger charge is 2.75. The summed E-state index contributed by atoms with van der Waals surface area (Å²) in [5.74, 6) is -3.45. The number of carbonyl (C=O) groups excluding carboxylic acids is 4. The number of carbonyl (C=O) groups is 4. The van der Waals surface area contributed by atoms with Gasteiger partial charge in [0.1, 0.15) is 29.9 Å². The molecule has 0 unspecified atom stereocenters. The van der Waals surface area contributed by atoms with E-state index in [1.807, 2.05) is 31.2 Å². The van der Waals surface area contributed by atoms with Gasteiger partial charge in [0.15, 0.2) is 0 Å². The molecule has 5 rings (SSSR count). The van der Waals surface area contributed by atoms with Gasteiger partial charge in [0.05, 0.1) is 42.6 Å². The number of ether oxygens (including phenoxy) is 2. The topological polar surface area (TPSA) is 156 Å². The monoisotopic (exact) mass is 622 g/mol. The molecule has 0 aliphatic carbocycles. The summed E-state index contributed by atoms with van der Waals surface area (Å²) in [6, 6.07) is 5.66. The number of esters is 1. The number of allylic oxidation sites excluding steroid dienone is 1. The number of nitrogens with one attached hydrogen (secondary N) is 1. The van der Waals surface area contributed by atoms with Gasteiger partial charge in [0.2, 0.25) is 17.7 Å². The Bertz CT molecular complexity index is 1460. The van der Waals surface area contributed by atoms with Crippen molar-refractivity contribution >= 4 is 34.7 Å². The number of benzene rings is 1. The van der Waals surface area contributed by atoms with Gasteiger partial charge in [0, 0.05) is 13.0 Å². The van der Waals surface area contributed by atoms with Crippen LogP contribution in [0.5, 0.6) is 0 Å². The summed E-state index contributed by atoms with van der Waals surface area (Å²) in [4.78, 5) is 57.5. The fourth-order valence-electron chi connectivity index (χ4n) is 7.07. The minimum atomic E-state index is -1.27. The first-order valence-electron chi connectivity index (χ1n) is 15.6. The lowest BCUT2D eigenvalue weighted by Crippen LogP contribution is -2.58. The fraction of sp³-hybridized carbons (Fsp3) is 0.562. The van der Waals surface area contributed by atoms with E-state index in [1.165, 1.54) is 4.90 Å². The lowest BCUT2D eigenvalue weighted by molar-refractivity contribution is -0.160. The van der Waals surface area contributed by atoms with Gasteiger partial charge in [-0.15, -0.1) is 18.3 Å². The molecule has 13 nitrogen and oxygen atoms in total. The number of hydrogen-bond acceptors (Lipinski definition) is 9. The zero-order valence-electron chi connectivity index (χ0n) is 25.8. The van der Waals surface area contributed by atoms with E-state index < -0.39 is 53.6 Å². The molecular formula is C32H42N6O7. The smallest absolute Gasteiger partial charge is 0.312 e. The van der Waals surface area contributed by atoms with E-state index in [0.29, 0.717) is 31.2 Å². The number of hydrogen-bond donors (Lipinski definition) is 2. The summed E-state index contributed by atoms with van der Waals surface area (Å²) in [6.07, 6.45) is 4.09. The van der Waals surface area contributed by atoms with Crippen molar-refractivity contribution in [1.29, 1.82) is 0 Å². The molecule has 13 heteroatoms. The molecule has 4 heterocycles. The largest absolute Gasteiger partial charge is 0.460 e. The highest BCUT2D eigenvalue weighted by Crippen LogP contribution is 2.59. The summed E-state index contributed by atoms with van der Waals surface area (Å²) in [5.41, 5.74) is 0.149. The molecule has 2 N–H and O–H groups in total. The van der Waals surface area contributed by atoms with Crippen molar-refractivity contribution in [2.75, 3.05) is 19.7 Å². The number of likely N-dealkylation sites (tertiary alicyclic amines) is 1. The molecule has 3 saturated heterocycles. The normalized spacial score (nSPS) is 26.4. The molecule has 1 spiro atoms. The molecule has 0 saturated carbocycles. The minimum absolute atomic E-state index is 0.0471. The van der Waals surface area contributed by atoms with Crippen LogP contribution in [0, 0.1) is 11.8 Å². The Morgan fingerprint density at radius 2 is 2.07 bits per heavy atom. The minimum Gasteiger partial charge on any atom is -0.460 e. The van der Waals surface area contributed by atoms with Crippen molar-refractivity contribution in [2.24, 2.45) is 11.8 Å². The van der Waals surface area contributed by atoms with Gasteiger partial charge in [-0.05, 0) is 44.7 Å². The van der Waals surface area contributed by atoms with Crippen LogP contribution in [-0.2, 0) is 35.3 Å². The van der Waals surface area contributed by atoms with Crippen molar-refractivity contribution in [2.45, 2.75) is 82.5 Å². The zero-order valence-corrected chi connectivity index (χ0v) is 25.8. The maximum absolute atomic E-state index is 14.6. The first-order valence-corrected chi connectivity index (χ1v) is 15.6. The van der Waals surface area contributed by atoms with E-state index in [0.717, 1.165) is 5.52 Å². The van der Waals surface area contributed by atoms with E-state index in [9.17, 15) is 24.3 Å². The SMILES string of the molecule is C=CCCC(=O)NC[C@H](C)OC(=O)[C@@H]1[C@@H]2CC[C@]3(O2)[C@H](C(=O)N(CC=C)Cn2nnc4ccccc42)N([C@@H](CC)CO)C(=O)[C@@H]13. The summed E-state index contributed by atoms with van der Waals surface area (Å²) in [6.45, 7) is 10.9. The van der Waals surface area contributed by atoms with Gasteiger partial charge in [0.25, 0.3) is 0 Å². The first kappa shape index (κ1) is 32.3. The number of para-hydroxylation sites is 1. The highest BCUT2D eigenvalue weighted by atomic mass is 16.6. The van der Waals surface area contributed by atoms with Crippen LogP contribution in [0.4, 0.5) is 0 Å². The van der Waals surface area contributed by atoms with Gasteiger partial charge in [-0.1, -0.05) is 36.4 Å². The molecule has 3 aliphatic heterocycles. The predicted octanol–water partition coefficient (Wildman–Crippen LogP) is 1.56. The number of aliphatic hydroxyl groups excluding tert-OH is 1. The highest BCUT2D eigenvalue weighted by molar-refractivity contribution is 5.98. The van der Waals surface area contributed by atoms with Crippen LogP contribution in [0.15, 0.2) is 49.6 Å². The summed E-state index contributed by atoms with van der Waals surface area (Å²) < 4.78 is 13.9. The molecule has 7 atom stereocenters. The van der Waals surface area contributed by atoms with Crippen LogP contribution >= 0.6 is 0 Å². The maximum atomic E-state index is 14.6. The van der Waals surface area contributed by atoms with Gasteiger partial charge >= 0.3 is 5.97 Å². The van der Waals surface area contributed by atoms with Gasteiger partial charge in [-0.25, -0.2) is 4.68 Å². The van der Waals surface area contributed by atoms with Crippen molar-refractivity contribution in [1.82, 2.24) is 30.1 Å². The standard InChI is InChI=1S/C32H42N6O7/c1-5-8-13-25(40)33-17-20(4)44-31(43)26-24-14-15-32(45-24)27(26)29(41)38(21(7-3)18-39)28(32)30(42)36(16-6-2)19-37-23-12-10-9-11-22(23)34-35-37/h5-6,9-12,20-21,24,26-28,39H,1-2,7-8,13-19H2,3-4H3,(H,33,40)/t20-,21-,24-,26+,27+,28-,32+/m0/s1. The second-order valence-corrected chi connectivity index (χ2v) is 12.0. The quantitative estimate of drug-likeness (QED) is 0.222. The Hall–Kier alpha value is -4.10. The first-order chi connectivity index (χ1) is 21.7. The van der Waals surface area contributed by atoms with Crippen LogP contribution in [0.3, 0.4) is 0 Å². The van der Waals surface area contributed by atoms with Gasteiger partial charge in [-0.2, -0.15) is 0 Å². The Morgan fingerprint density at radius 1 is 1.29 bits per heavy atom. The van der Waals surface area contributed by atoms with Gasteiger partial charge < -0.3 is 29.7 Å². The van der Waals surface area contributed by atoms with E-state index in [1.54, 1.807) is 28.7 Å². The van der Waals surface area contributed by atoms with Crippen LogP contribution in [0.2, 0.25) is 0 Å². The maximum Gasteiger partial charge on any atom is 0.312 e. The molecule has 1 aromatic heterocycles. The number of amides is 3. The zero-order chi connectivity index (χ0) is 32.3. The van der Waals surface area contributed by atoms with E-state index in [2.05, 4.69) is 28.8 Å². The van der Waals surface area contributed by atoms with E-state index in [4.69, 9.17) is 9.47 Å². The summed E-state index contributed by atoms with van der Waals surface area (Å²) in [5, 5.41) is 21.5. The third-order valence-corrected chi connectivity index (χ3v) is 9.19. The summed E-state index contributed by atoms with van der Waals surface area (Å²) in [7, 11) is 0. The molecule has 3 fully saturated rings. The number of aliphatic hydroxyl groups is 1. The summed E-state index contributed by atoms with van der Waals surface area (Å²) >= 11 is 0. The number of nitrogens with zero attached hydrogens (tertiary/aromatic N) is 5. The third-order valence-electron chi connectivity index (χ3n) is 9.19. The second kappa shape index (κ2) is 13.5. The average molecular weight is 623 g/mol. The average Bonchev–Trinajstić information content (AvgIpc) is 3.79. The Kier molecular flexibility index (Phi) is 9.68. The van der Waals surface area contributed by atoms with Crippen molar-refractivity contribution in [3.05, 3.63) is 49.6 Å². The molecule has 3 aliphatic rings. The molecule has 2 aromatic rings. The lowest BCUT2D eigenvalue weighted by Gasteiger charge is -2.39. The number of rotatable bonds is 15. The predicted molar refractivity (Wildman–Crippen MR) is 163 cm³/mol. The van der Waals surface area contributed by atoms with Crippen molar-refractivity contribution < 1.29 is 33.8 Å². The Balaban J connectivity index is 1.42. The third kappa shape index (κ3) is 5.86. The molecule has 2 bridgehead atoms. The van der Waals surface area contributed by atoms with E-state index in [-0.39, 0.29) is 44.6 Å². The molecule has 0 radical (unpaired) electrons. The van der Waals surface area contributed by atoms with Crippen LogP contribution in [0.1, 0.15) is 46.0 Å². The lowest BCUT2D eigenvalue weighted by atomic mass is 9.70. The van der Waals surface area contributed by atoms with Crippen molar-refractivity contribution in [3.8, 4) is 0 Å². The second-order valence-electron chi connectivity index (χ2n) is 12.0. The van der Waals surface area contributed by atoms with Crippen LogP contribution in [-0.4, -0.2) is 103 Å². The molecular weight excluding hydrogens is 580 g/mol. The fourth-order valence-corrected chi connectivity index (χ4v) is 7.07. The number of aromatic nitrogens is 3. The molecule has 242 valence electrons.